The van der Waals surface area contributed by atoms with Crippen molar-refractivity contribution in [3.8, 4) is 0 Å². The monoisotopic (exact) mass is 199 g/mol. The summed E-state index contributed by atoms with van der Waals surface area (Å²) in [6.07, 6.45) is 0. The highest BCUT2D eigenvalue weighted by Gasteiger charge is 2.23. The van der Waals surface area contributed by atoms with Gasteiger partial charge < -0.3 is 15.5 Å². The molecule has 0 aliphatic carbocycles. The molecule has 1 atom stereocenters. The van der Waals surface area contributed by atoms with Crippen molar-refractivity contribution in [1.82, 2.24) is 15.5 Å². The molecule has 2 N–H and O–H groups in total. The van der Waals surface area contributed by atoms with Crippen LogP contribution in [0.25, 0.3) is 0 Å². The van der Waals surface area contributed by atoms with Crippen molar-refractivity contribution in [2.75, 3.05) is 33.2 Å². The zero-order valence-corrected chi connectivity index (χ0v) is 8.67. The van der Waals surface area contributed by atoms with Gasteiger partial charge in [-0.3, -0.25) is 9.59 Å². The molecular formula is C9H17N3O2. The summed E-state index contributed by atoms with van der Waals surface area (Å²) in [5.41, 5.74) is 0. The van der Waals surface area contributed by atoms with E-state index in [2.05, 4.69) is 17.6 Å². The summed E-state index contributed by atoms with van der Waals surface area (Å²) in [4.78, 5) is 24.0. The summed E-state index contributed by atoms with van der Waals surface area (Å²) in [7, 11) is 1.88. The Kier molecular flexibility index (Phi) is 3.88. The van der Waals surface area contributed by atoms with Crippen molar-refractivity contribution >= 4 is 11.8 Å². The number of nitrogens with one attached hydrogen (secondary N) is 2. The number of hydrogen-bond donors (Lipinski definition) is 2. The van der Waals surface area contributed by atoms with Gasteiger partial charge in [0.05, 0.1) is 13.1 Å². The Morgan fingerprint density at radius 3 is 2.93 bits per heavy atom. The molecule has 2 amide bonds. The number of piperazine rings is 1. The second-order valence-electron chi connectivity index (χ2n) is 3.71. The van der Waals surface area contributed by atoms with Crippen molar-refractivity contribution in [3.05, 3.63) is 0 Å². The number of amides is 2. The minimum Gasteiger partial charge on any atom is -0.345 e. The molecule has 1 unspecified atom stereocenters. The first-order valence-corrected chi connectivity index (χ1v) is 4.82. The summed E-state index contributed by atoms with van der Waals surface area (Å²) in [6, 6.07) is 0. The van der Waals surface area contributed by atoms with Gasteiger partial charge in [-0.15, -0.1) is 0 Å². The predicted octanol–water partition coefficient (Wildman–Crippen LogP) is -1.20. The van der Waals surface area contributed by atoms with Crippen LogP contribution < -0.4 is 10.6 Å². The maximum atomic E-state index is 11.4. The smallest absolute Gasteiger partial charge is 0.242 e. The second kappa shape index (κ2) is 4.95. The van der Waals surface area contributed by atoms with Crippen molar-refractivity contribution in [2.45, 2.75) is 6.92 Å². The highest BCUT2D eigenvalue weighted by atomic mass is 16.2. The van der Waals surface area contributed by atoms with E-state index in [4.69, 9.17) is 0 Å². The minimum absolute atomic E-state index is 0.00699. The molecule has 1 fully saturated rings. The van der Waals surface area contributed by atoms with Crippen LogP contribution in [-0.4, -0.2) is 49.9 Å². The third kappa shape index (κ3) is 2.99. The van der Waals surface area contributed by atoms with E-state index in [1.807, 2.05) is 7.05 Å². The number of nitrogens with zero attached hydrogens (tertiary/aromatic N) is 1. The normalized spacial score (nSPS) is 19.4. The van der Waals surface area contributed by atoms with Crippen LogP contribution in [0, 0.1) is 5.92 Å². The molecule has 0 bridgehead atoms. The van der Waals surface area contributed by atoms with Crippen molar-refractivity contribution < 1.29 is 9.59 Å². The van der Waals surface area contributed by atoms with Gasteiger partial charge in [0.25, 0.3) is 0 Å². The van der Waals surface area contributed by atoms with E-state index < -0.39 is 0 Å². The molecule has 0 radical (unpaired) electrons. The van der Waals surface area contributed by atoms with Crippen molar-refractivity contribution in [1.29, 1.82) is 0 Å². The second-order valence-corrected chi connectivity index (χ2v) is 3.71. The highest BCUT2D eigenvalue weighted by Crippen LogP contribution is 2.01. The van der Waals surface area contributed by atoms with Crippen LogP contribution >= 0.6 is 0 Å². The lowest BCUT2D eigenvalue weighted by Gasteiger charge is -2.28. The summed E-state index contributed by atoms with van der Waals surface area (Å²) >= 11 is 0. The predicted molar refractivity (Wildman–Crippen MR) is 52.7 cm³/mol. The Morgan fingerprint density at radius 2 is 2.29 bits per heavy atom. The molecule has 1 rings (SSSR count). The van der Waals surface area contributed by atoms with E-state index in [1.54, 1.807) is 4.90 Å². The average molecular weight is 199 g/mol. The minimum atomic E-state index is -0.0683. The van der Waals surface area contributed by atoms with E-state index >= 15 is 0 Å². The zero-order valence-electron chi connectivity index (χ0n) is 8.67. The van der Waals surface area contributed by atoms with Gasteiger partial charge >= 0.3 is 0 Å². The SMILES string of the molecule is CNCC(C)CN1CC(=O)NCC1=O. The van der Waals surface area contributed by atoms with Crippen LogP contribution in [0.3, 0.4) is 0 Å². The molecule has 0 saturated carbocycles. The van der Waals surface area contributed by atoms with Crippen molar-refractivity contribution in [2.24, 2.45) is 5.92 Å². The summed E-state index contributed by atoms with van der Waals surface area (Å²) < 4.78 is 0. The van der Waals surface area contributed by atoms with Gasteiger partial charge in [0.15, 0.2) is 0 Å². The summed E-state index contributed by atoms with van der Waals surface area (Å²) in [6.45, 7) is 3.90. The molecule has 1 saturated heterocycles. The Bertz CT molecular complexity index is 230. The molecule has 14 heavy (non-hydrogen) atoms. The Hall–Kier alpha value is -1.10. The zero-order chi connectivity index (χ0) is 10.6. The highest BCUT2D eigenvalue weighted by molar-refractivity contribution is 5.92. The first-order valence-electron chi connectivity index (χ1n) is 4.82. The molecule has 0 spiro atoms. The maximum Gasteiger partial charge on any atom is 0.242 e. The van der Waals surface area contributed by atoms with E-state index in [0.29, 0.717) is 12.5 Å². The van der Waals surface area contributed by atoms with Crippen LogP contribution in [0.2, 0.25) is 0 Å². The Labute approximate surface area is 83.8 Å². The number of carbonyl (C=O) groups is 2. The molecule has 80 valence electrons. The lowest BCUT2D eigenvalue weighted by Crippen LogP contribution is -2.53. The first kappa shape index (κ1) is 11.0. The van der Waals surface area contributed by atoms with Gasteiger partial charge in [0, 0.05) is 6.54 Å². The summed E-state index contributed by atoms with van der Waals surface area (Å²) in [5, 5.41) is 5.57. The topological polar surface area (TPSA) is 61.4 Å². The van der Waals surface area contributed by atoms with Gasteiger partial charge in [-0.05, 0) is 19.5 Å². The first-order chi connectivity index (χ1) is 6.63. The van der Waals surface area contributed by atoms with Gasteiger partial charge in [0.1, 0.15) is 0 Å². The molecule has 1 aliphatic rings. The molecule has 5 heteroatoms. The summed E-state index contributed by atoms with van der Waals surface area (Å²) in [5.74, 6) is 0.309. The fourth-order valence-corrected chi connectivity index (χ4v) is 1.56. The van der Waals surface area contributed by atoms with Crippen molar-refractivity contribution in [3.63, 3.8) is 0 Å². The number of hydrogen-bond acceptors (Lipinski definition) is 3. The molecule has 0 aromatic rings. The van der Waals surface area contributed by atoms with Crippen LogP contribution in [0.1, 0.15) is 6.92 Å². The van der Waals surface area contributed by atoms with Gasteiger partial charge in [-0.25, -0.2) is 0 Å². The third-order valence-corrected chi connectivity index (χ3v) is 2.21. The molecule has 1 aliphatic heterocycles. The fourth-order valence-electron chi connectivity index (χ4n) is 1.56. The molecule has 1 heterocycles. The standard InChI is InChI=1S/C9H17N3O2/c1-7(3-10-2)5-12-6-8(13)11-4-9(12)14/h7,10H,3-6H2,1-2H3,(H,11,13). The van der Waals surface area contributed by atoms with Crippen LogP contribution in [-0.2, 0) is 9.59 Å². The Morgan fingerprint density at radius 1 is 1.57 bits per heavy atom. The van der Waals surface area contributed by atoms with Crippen LogP contribution in [0.4, 0.5) is 0 Å². The maximum absolute atomic E-state index is 11.4. The third-order valence-electron chi connectivity index (χ3n) is 2.21. The Balaban J connectivity index is 2.41. The molecule has 0 aromatic carbocycles. The fraction of sp³-hybridized carbons (Fsp3) is 0.778. The van der Waals surface area contributed by atoms with E-state index in [9.17, 15) is 9.59 Å². The lowest BCUT2D eigenvalue weighted by atomic mass is 10.1. The van der Waals surface area contributed by atoms with Gasteiger partial charge in [-0.2, -0.15) is 0 Å². The van der Waals surface area contributed by atoms with Crippen LogP contribution in [0.5, 0.6) is 0 Å². The molecule has 5 nitrogen and oxygen atoms in total. The van der Waals surface area contributed by atoms with Crippen LogP contribution in [0.15, 0.2) is 0 Å². The largest absolute Gasteiger partial charge is 0.345 e. The average Bonchev–Trinajstić information content (AvgIpc) is 2.12. The van der Waals surface area contributed by atoms with Gasteiger partial charge in [-0.1, -0.05) is 6.92 Å². The van der Waals surface area contributed by atoms with E-state index in [0.717, 1.165) is 6.54 Å². The number of rotatable bonds is 4. The molecule has 0 aromatic heterocycles. The van der Waals surface area contributed by atoms with Gasteiger partial charge in [0.2, 0.25) is 11.8 Å². The molecular weight excluding hydrogens is 182 g/mol. The quantitative estimate of drug-likeness (QED) is 0.598. The lowest BCUT2D eigenvalue weighted by molar-refractivity contribution is -0.141. The number of carbonyl (C=O) groups excluding carboxylic acids is 2. The van der Waals surface area contributed by atoms with E-state index in [1.165, 1.54) is 0 Å². The van der Waals surface area contributed by atoms with E-state index in [-0.39, 0.29) is 24.9 Å².